The first-order valence-electron chi connectivity index (χ1n) is 11.7. The fraction of sp³-hybridized carbons (Fsp3) is 0.481. The van der Waals surface area contributed by atoms with Crippen LogP contribution in [-0.4, -0.2) is 35.4 Å². The lowest BCUT2D eigenvalue weighted by atomic mass is 9.87. The van der Waals surface area contributed by atoms with E-state index in [0.29, 0.717) is 12.3 Å². The maximum atomic E-state index is 13.2. The second-order valence-electron chi connectivity index (χ2n) is 9.88. The van der Waals surface area contributed by atoms with Crippen LogP contribution in [0.25, 0.3) is 0 Å². The van der Waals surface area contributed by atoms with Crippen molar-refractivity contribution in [1.82, 2.24) is 10.2 Å². The Labute approximate surface area is 206 Å². The SMILES string of the molecule is C[C@@H](C(=O)NC1CCCC1)N(Cc1cccc(Br)c1)C(=O)COc1ccc(C(C)(C)C)cc1. The molecule has 0 aromatic heterocycles. The van der Waals surface area contributed by atoms with Crippen molar-refractivity contribution in [2.75, 3.05) is 6.61 Å². The second kappa shape index (κ2) is 11.2. The van der Waals surface area contributed by atoms with E-state index in [1.165, 1.54) is 5.56 Å². The van der Waals surface area contributed by atoms with Crippen LogP contribution in [0.5, 0.6) is 5.75 Å². The Morgan fingerprint density at radius 3 is 2.39 bits per heavy atom. The number of hydrogen-bond acceptors (Lipinski definition) is 3. The molecule has 2 amide bonds. The molecule has 0 saturated heterocycles. The highest BCUT2D eigenvalue weighted by Crippen LogP contribution is 2.24. The van der Waals surface area contributed by atoms with Crippen molar-refractivity contribution >= 4 is 27.7 Å². The van der Waals surface area contributed by atoms with E-state index >= 15 is 0 Å². The van der Waals surface area contributed by atoms with E-state index in [4.69, 9.17) is 4.74 Å². The molecule has 5 nitrogen and oxygen atoms in total. The third kappa shape index (κ3) is 7.32. The van der Waals surface area contributed by atoms with Crippen LogP contribution >= 0.6 is 15.9 Å². The molecule has 6 heteroatoms. The number of ether oxygens (including phenoxy) is 1. The molecule has 0 spiro atoms. The topological polar surface area (TPSA) is 58.6 Å². The lowest BCUT2D eigenvalue weighted by Gasteiger charge is -2.29. The molecular formula is C27H35BrN2O3. The molecule has 0 bridgehead atoms. The average Bonchev–Trinajstić information content (AvgIpc) is 3.28. The summed E-state index contributed by atoms with van der Waals surface area (Å²) >= 11 is 3.49. The maximum Gasteiger partial charge on any atom is 0.261 e. The van der Waals surface area contributed by atoms with E-state index < -0.39 is 6.04 Å². The molecule has 178 valence electrons. The number of carbonyl (C=O) groups is 2. The Balaban J connectivity index is 1.70. The number of nitrogens with zero attached hydrogens (tertiary/aromatic N) is 1. The monoisotopic (exact) mass is 514 g/mol. The highest BCUT2D eigenvalue weighted by molar-refractivity contribution is 9.10. The largest absolute Gasteiger partial charge is 0.484 e. The van der Waals surface area contributed by atoms with E-state index in [1.54, 1.807) is 11.8 Å². The van der Waals surface area contributed by atoms with Crippen molar-refractivity contribution in [3.05, 3.63) is 64.1 Å². The van der Waals surface area contributed by atoms with Gasteiger partial charge in [-0.1, -0.05) is 73.8 Å². The Morgan fingerprint density at radius 1 is 1.12 bits per heavy atom. The van der Waals surface area contributed by atoms with Gasteiger partial charge in [-0.05, 0) is 60.6 Å². The minimum atomic E-state index is -0.594. The quantitative estimate of drug-likeness (QED) is 0.498. The molecule has 33 heavy (non-hydrogen) atoms. The average molecular weight is 515 g/mol. The lowest BCUT2D eigenvalue weighted by molar-refractivity contribution is -0.142. The minimum absolute atomic E-state index is 0.0528. The zero-order chi connectivity index (χ0) is 24.0. The summed E-state index contributed by atoms with van der Waals surface area (Å²) in [6, 6.07) is 15.2. The number of nitrogens with one attached hydrogen (secondary N) is 1. The van der Waals surface area contributed by atoms with Gasteiger partial charge in [-0.25, -0.2) is 0 Å². The summed E-state index contributed by atoms with van der Waals surface area (Å²) in [5.74, 6) is 0.311. The van der Waals surface area contributed by atoms with Crippen LogP contribution in [0.3, 0.4) is 0 Å². The van der Waals surface area contributed by atoms with E-state index in [9.17, 15) is 9.59 Å². The summed E-state index contributed by atoms with van der Waals surface area (Å²) in [6.45, 7) is 8.48. The van der Waals surface area contributed by atoms with Crippen molar-refractivity contribution < 1.29 is 14.3 Å². The Kier molecular flexibility index (Phi) is 8.57. The standard InChI is InChI=1S/C27H35BrN2O3/c1-19(26(32)29-23-10-5-6-11-23)30(17-20-8-7-9-22(28)16-20)25(31)18-33-24-14-12-21(13-15-24)27(2,3)4/h7-9,12-16,19,23H,5-6,10-11,17-18H2,1-4H3,(H,29,32)/t19-/m0/s1. The molecule has 1 saturated carbocycles. The normalized spacial score (nSPS) is 15.2. The molecular weight excluding hydrogens is 480 g/mol. The van der Waals surface area contributed by atoms with Crippen LogP contribution in [0, 0.1) is 0 Å². The van der Waals surface area contributed by atoms with Crippen LogP contribution in [0.4, 0.5) is 0 Å². The van der Waals surface area contributed by atoms with E-state index in [1.807, 2.05) is 48.5 Å². The highest BCUT2D eigenvalue weighted by atomic mass is 79.9. The molecule has 0 heterocycles. The van der Waals surface area contributed by atoms with Gasteiger partial charge < -0.3 is 15.0 Å². The molecule has 0 radical (unpaired) electrons. The Hall–Kier alpha value is -2.34. The van der Waals surface area contributed by atoms with Crippen molar-refractivity contribution in [2.45, 2.75) is 77.4 Å². The predicted octanol–water partition coefficient (Wildman–Crippen LogP) is 5.60. The minimum Gasteiger partial charge on any atom is -0.484 e. The van der Waals surface area contributed by atoms with Crippen molar-refractivity contribution in [1.29, 1.82) is 0 Å². The smallest absolute Gasteiger partial charge is 0.261 e. The van der Waals surface area contributed by atoms with E-state index in [0.717, 1.165) is 35.7 Å². The summed E-state index contributed by atoms with van der Waals surface area (Å²) in [6.07, 6.45) is 4.29. The molecule has 2 aromatic rings. The molecule has 1 fully saturated rings. The van der Waals surface area contributed by atoms with E-state index in [-0.39, 0.29) is 29.9 Å². The molecule has 0 unspecified atom stereocenters. The van der Waals surface area contributed by atoms with Gasteiger partial charge in [-0.2, -0.15) is 0 Å². The molecule has 1 aliphatic rings. The molecule has 1 atom stereocenters. The fourth-order valence-electron chi connectivity index (χ4n) is 4.09. The zero-order valence-electron chi connectivity index (χ0n) is 20.1. The van der Waals surface area contributed by atoms with Gasteiger partial charge in [0.05, 0.1) is 0 Å². The van der Waals surface area contributed by atoms with E-state index in [2.05, 4.69) is 42.0 Å². The maximum absolute atomic E-state index is 13.2. The summed E-state index contributed by atoms with van der Waals surface area (Å²) in [5, 5.41) is 3.12. The molecule has 0 aliphatic heterocycles. The number of amides is 2. The zero-order valence-corrected chi connectivity index (χ0v) is 21.7. The number of halogens is 1. The first-order chi connectivity index (χ1) is 15.6. The van der Waals surface area contributed by atoms with Crippen LogP contribution in [0.2, 0.25) is 0 Å². The van der Waals surface area contributed by atoms with Gasteiger partial charge in [0.15, 0.2) is 6.61 Å². The van der Waals surface area contributed by atoms with Gasteiger partial charge in [0.25, 0.3) is 5.91 Å². The number of hydrogen-bond donors (Lipinski definition) is 1. The van der Waals surface area contributed by atoms with Gasteiger partial charge in [0.1, 0.15) is 11.8 Å². The highest BCUT2D eigenvalue weighted by Gasteiger charge is 2.28. The fourth-order valence-corrected chi connectivity index (χ4v) is 4.53. The van der Waals surface area contributed by atoms with Crippen molar-refractivity contribution in [2.24, 2.45) is 0 Å². The first-order valence-corrected chi connectivity index (χ1v) is 12.5. The van der Waals surface area contributed by atoms with Crippen molar-refractivity contribution in [3.8, 4) is 5.75 Å². The summed E-state index contributed by atoms with van der Waals surface area (Å²) in [7, 11) is 0. The molecule has 1 N–H and O–H groups in total. The van der Waals surface area contributed by atoms with Crippen LogP contribution in [0.1, 0.15) is 64.5 Å². The Bertz CT molecular complexity index is 947. The number of rotatable bonds is 8. The van der Waals surface area contributed by atoms with Crippen LogP contribution < -0.4 is 10.1 Å². The molecule has 2 aromatic carbocycles. The van der Waals surface area contributed by atoms with Crippen LogP contribution in [0.15, 0.2) is 53.0 Å². The second-order valence-corrected chi connectivity index (χ2v) is 10.8. The molecule has 3 rings (SSSR count). The third-order valence-corrected chi connectivity index (χ3v) is 6.69. The van der Waals surface area contributed by atoms with Gasteiger partial charge in [-0.15, -0.1) is 0 Å². The van der Waals surface area contributed by atoms with Gasteiger partial charge >= 0.3 is 0 Å². The summed E-state index contributed by atoms with van der Waals surface area (Å²) in [5.41, 5.74) is 2.21. The van der Waals surface area contributed by atoms with Crippen LogP contribution in [-0.2, 0) is 21.5 Å². The van der Waals surface area contributed by atoms with Gasteiger partial charge in [0.2, 0.25) is 5.91 Å². The Morgan fingerprint density at radius 2 is 1.79 bits per heavy atom. The first kappa shape index (κ1) is 25.3. The summed E-state index contributed by atoms with van der Waals surface area (Å²) < 4.78 is 6.74. The van der Waals surface area contributed by atoms with Crippen molar-refractivity contribution in [3.63, 3.8) is 0 Å². The predicted molar refractivity (Wildman–Crippen MR) is 135 cm³/mol. The van der Waals surface area contributed by atoms with Gasteiger partial charge in [-0.3, -0.25) is 9.59 Å². The lowest BCUT2D eigenvalue weighted by Crippen LogP contribution is -2.50. The van der Waals surface area contributed by atoms with Gasteiger partial charge in [0, 0.05) is 17.1 Å². The molecule has 1 aliphatic carbocycles. The number of carbonyl (C=O) groups excluding carboxylic acids is 2. The summed E-state index contributed by atoms with van der Waals surface area (Å²) in [4.78, 5) is 27.8. The number of benzene rings is 2. The third-order valence-electron chi connectivity index (χ3n) is 6.19.